The Bertz CT molecular complexity index is 710. The summed E-state index contributed by atoms with van der Waals surface area (Å²) >= 11 is 4.97. The van der Waals surface area contributed by atoms with Gasteiger partial charge >= 0.3 is 0 Å². The molecule has 2 rings (SSSR count). The van der Waals surface area contributed by atoms with Gasteiger partial charge in [-0.2, -0.15) is 0 Å². The summed E-state index contributed by atoms with van der Waals surface area (Å²) in [4.78, 5) is 10.1. The van der Waals surface area contributed by atoms with Gasteiger partial charge in [-0.05, 0) is 30.4 Å². The number of non-ortho nitro benzene ring substituents is 1. The summed E-state index contributed by atoms with van der Waals surface area (Å²) in [6, 6.07) is 8.69. The summed E-state index contributed by atoms with van der Waals surface area (Å²) < 4.78 is 26.2. The van der Waals surface area contributed by atoms with Gasteiger partial charge in [0.2, 0.25) is 0 Å². The van der Waals surface area contributed by atoms with Crippen molar-refractivity contribution in [2.75, 3.05) is 10.6 Å². The Morgan fingerprint density at radius 1 is 1.14 bits per heavy atom. The van der Waals surface area contributed by atoms with Crippen LogP contribution in [0.5, 0.6) is 0 Å². The van der Waals surface area contributed by atoms with Crippen LogP contribution in [-0.4, -0.2) is 10.0 Å². The lowest BCUT2D eigenvalue weighted by Crippen LogP contribution is -2.19. The second-order valence-electron chi connectivity index (χ2n) is 4.01. The number of thiocarbonyl (C=S) groups is 1. The fourth-order valence-corrected chi connectivity index (χ4v) is 1.80. The van der Waals surface area contributed by atoms with Crippen LogP contribution in [0.1, 0.15) is 0 Å². The van der Waals surface area contributed by atoms with Crippen molar-refractivity contribution in [1.82, 2.24) is 0 Å². The molecule has 0 atom stereocenters. The molecule has 5 nitrogen and oxygen atoms in total. The number of hydrogen-bond donors (Lipinski definition) is 2. The number of benzene rings is 2. The van der Waals surface area contributed by atoms with Crippen molar-refractivity contribution in [2.24, 2.45) is 0 Å². The van der Waals surface area contributed by atoms with Crippen molar-refractivity contribution in [3.63, 3.8) is 0 Å². The lowest BCUT2D eigenvalue weighted by molar-refractivity contribution is -0.384. The van der Waals surface area contributed by atoms with E-state index in [9.17, 15) is 18.9 Å². The lowest BCUT2D eigenvalue weighted by Gasteiger charge is -2.11. The van der Waals surface area contributed by atoms with Crippen molar-refractivity contribution < 1.29 is 13.7 Å². The van der Waals surface area contributed by atoms with E-state index < -0.39 is 16.6 Å². The molecule has 0 heterocycles. The number of hydrogen-bond acceptors (Lipinski definition) is 3. The Morgan fingerprint density at radius 2 is 1.90 bits per heavy atom. The smallest absolute Gasteiger partial charge is 0.271 e. The molecule has 0 saturated carbocycles. The first kappa shape index (κ1) is 14.8. The van der Waals surface area contributed by atoms with E-state index in [-0.39, 0.29) is 16.5 Å². The molecule has 0 bridgehead atoms. The summed E-state index contributed by atoms with van der Waals surface area (Å²) in [5, 5.41) is 15.9. The van der Waals surface area contributed by atoms with E-state index in [0.29, 0.717) is 5.69 Å². The molecule has 0 fully saturated rings. The van der Waals surface area contributed by atoms with Gasteiger partial charge in [-0.3, -0.25) is 10.1 Å². The first-order valence-corrected chi connectivity index (χ1v) is 6.14. The highest BCUT2D eigenvalue weighted by molar-refractivity contribution is 7.80. The Balaban J connectivity index is 2.08. The van der Waals surface area contributed by atoms with E-state index in [1.165, 1.54) is 24.3 Å². The fraction of sp³-hybridized carbons (Fsp3) is 0. The topological polar surface area (TPSA) is 67.2 Å². The van der Waals surface area contributed by atoms with Crippen molar-refractivity contribution in [3.8, 4) is 0 Å². The van der Waals surface area contributed by atoms with Crippen molar-refractivity contribution in [3.05, 3.63) is 64.2 Å². The molecule has 0 aliphatic heterocycles. The van der Waals surface area contributed by atoms with Gasteiger partial charge in [-0.1, -0.05) is 6.07 Å². The molecule has 0 aliphatic carbocycles. The van der Waals surface area contributed by atoms with Gasteiger partial charge in [-0.25, -0.2) is 8.78 Å². The Kier molecular flexibility index (Phi) is 4.39. The highest BCUT2D eigenvalue weighted by Crippen LogP contribution is 2.18. The highest BCUT2D eigenvalue weighted by atomic mass is 32.1. The van der Waals surface area contributed by atoms with E-state index >= 15 is 0 Å². The van der Waals surface area contributed by atoms with E-state index in [4.69, 9.17) is 12.2 Å². The van der Waals surface area contributed by atoms with Crippen LogP contribution in [0.15, 0.2) is 42.5 Å². The first-order valence-electron chi connectivity index (χ1n) is 5.73. The molecule has 21 heavy (non-hydrogen) atoms. The number of anilines is 2. The van der Waals surface area contributed by atoms with E-state index in [2.05, 4.69) is 10.6 Å². The van der Waals surface area contributed by atoms with Gasteiger partial charge in [-0.15, -0.1) is 0 Å². The van der Waals surface area contributed by atoms with Gasteiger partial charge in [0.25, 0.3) is 5.69 Å². The summed E-state index contributed by atoms with van der Waals surface area (Å²) in [6.07, 6.45) is 0. The van der Waals surface area contributed by atoms with Crippen molar-refractivity contribution >= 4 is 34.4 Å². The molecular formula is C13H9F2N3O2S. The lowest BCUT2D eigenvalue weighted by atomic mass is 10.3. The zero-order chi connectivity index (χ0) is 15.4. The highest BCUT2D eigenvalue weighted by Gasteiger charge is 2.08. The minimum Gasteiger partial charge on any atom is -0.332 e. The quantitative estimate of drug-likeness (QED) is 0.514. The van der Waals surface area contributed by atoms with Crippen LogP contribution in [0.3, 0.4) is 0 Å². The second-order valence-corrected chi connectivity index (χ2v) is 4.42. The van der Waals surface area contributed by atoms with Gasteiger partial charge < -0.3 is 10.6 Å². The molecular weight excluding hydrogens is 300 g/mol. The average molecular weight is 309 g/mol. The van der Waals surface area contributed by atoms with E-state index in [0.717, 1.165) is 12.1 Å². The molecule has 0 saturated heterocycles. The Labute approximate surface area is 123 Å². The van der Waals surface area contributed by atoms with Crippen LogP contribution in [0.25, 0.3) is 0 Å². The number of nitro groups is 1. The van der Waals surface area contributed by atoms with Crippen LogP contribution in [0.4, 0.5) is 25.8 Å². The van der Waals surface area contributed by atoms with Gasteiger partial charge in [0, 0.05) is 23.9 Å². The molecule has 2 aromatic rings. The number of halogens is 2. The third-order valence-electron chi connectivity index (χ3n) is 2.49. The zero-order valence-electron chi connectivity index (χ0n) is 10.5. The predicted molar refractivity (Wildman–Crippen MR) is 79.3 cm³/mol. The minimum atomic E-state index is -0.793. The number of nitrogens with one attached hydrogen (secondary N) is 2. The molecule has 0 radical (unpaired) electrons. The maximum absolute atomic E-state index is 13.4. The summed E-state index contributed by atoms with van der Waals surface area (Å²) in [5.74, 6) is -1.49. The largest absolute Gasteiger partial charge is 0.332 e. The van der Waals surface area contributed by atoms with E-state index in [1.807, 2.05) is 0 Å². The van der Waals surface area contributed by atoms with Crippen LogP contribution >= 0.6 is 12.2 Å². The van der Waals surface area contributed by atoms with E-state index in [1.54, 1.807) is 6.07 Å². The van der Waals surface area contributed by atoms with Gasteiger partial charge in [0.05, 0.1) is 10.6 Å². The molecule has 0 aliphatic rings. The Morgan fingerprint density at radius 3 is 2.57 bits per heavy atom. The van der Waals surface area contributed by atoms with Crippen LogP contribution in [0.2, 0.25) is 0 Å². The first-order chi connectivity index (χ1) is 9.95. The minimum absolute atomic E-state index is 0.000620. The van der Waals surface area contributed by atoms with Crippen molar-refractivity contribution in [1.29, 1.82) is 0 Å². The molecule has 0 spiro atoms. The fourth-order valence-electron chi connectivity index (χ4n) is 1.57. The van der Waals surface area contributed by atoms with Gasteiger partial charge in [0.15, 0.2) is 5.11 Å². The standard InChI is InChI=1S/C13H9F2N3O2S/c14-8-4-5-12(11(15)6-8)17-13(21)16-9-2-1-3-10(7-9)18(19)20/h1-7H,(H2,16,17,21). The summed E-state index contributed by atoms with van der Waals surface area (Å²) in [6.45, 7) is 0. The predicted octanol–water partition coefficient (Wildman–Crippen LogP) is 3.68. The molecule has 0 amide bonds. The summed E-state index contributed by atoms with van der Waals surface area (Å²) in [7, 11) is 0. The molecule has 0 unspecified atom stereocenters. The molecule has 0 aromatic heterocycles. The normalized spacial score (nSPS) is 10.0. The molecule has 8 heteroatoms. The SMILES string of the molecule is O=[N+]([O-])c1cccc(NC(=S)Nc2ccc(F)cc2F)c1. The van der Waals surface area contributed by atoms with Crippen molar-refractivity contribution in [2.45, 2.75) is 0 Å². The number of rotatable bonds is 3. The maximum atomic E-state index is 13.4. The molecule has 108 valence electrons. The number of nitrogens with zero attached hydrogens (tertiary/aromatic N) is 1. The third kappa shape index (κ3) is 3.93. The molecule has 2 aromatic carbocycles. The Hall–Kier alpha value is -2.61. The third-order valence-corrected chi connectivity index (χ3v) is 2.70. The van der Waals surface area contributed by atoms with Crippen LogP contribution < -0.4 is 10.6 Å². The zero-order valence-corrected chi connectivity index (χ0v) is 11.3. The van der Waals surface area contributed by atoms with Gasteiger partial charge in [0.1, 0.15) is 11.6 Å². The molecule has 2 N–H and O–H groups in total. The van der Waals surface area contributed by atoms with Crippen LogP contribution in [0, 0.1) is 21.7 Å². The maximum Gasteiger partial charge on any atom is 0.271 e. The van der Waals surface area contributed by atoms with Crippen LogP contribution in [-0.2, 0) is 0 Å². The summed E-state index contributed by atoms with van der Waals surface area (Å²) in [5.41, 5.74) is 0.277. The number of nitro benzene ring substituents is 1. The second kappa shape index (κ2) is 6.23. The monoisotopic (exact) mass is 309 g/mol. The average Bonchev–Trinajstić information content (AvgIpc) is 2.42.